The van der Waals surface area contributed by atoms with Crippen molar-refractivity contribution < 1.29 is 0 Å². The smallest absolute Gasteiger partial charge is 0.0523 e. The molecule has 0 fully saturated rings. The van der Waals surface area contributed by atoms with Gasteiger partial charge in [0.2, 0.25) is 0 Å². The van der Waals surface area contributed by atoms with Crippen molar-refractivity contribution in [2.75, 3.05) is 4.72 Å². The first-order chi connectivity index (χ1) is 9.33. The zero-order valence-electron chi connectivity index (χ0n) is 10.6. The molecule has 0 aliphatic carbocycles. The first-order valence-electron chi connectivity index (χ1n) is 6.15. The van der Waals surface area contributed by atoms with Gasteiger partial charge in [-0.25, -0.2) is 0 Å². The molecule has 19 heavy (non-hydrogen) atoms. The van der Waals surface area contributed by atoms with Gasteiger partial charge in [0.25, 0.3) is 0 Å². The second-order valence-electron chi connectivity index (χ2n) is 4.42. The molecule has 2 aromatic carbocycles. The number of nitrogens with zero attached hydrogens (tertiary/aromatic N) is 1. The van der Waals surface area contributed by atoms with E-state index in [0.29, 0.717) is 0 Å². The Morgan fingerprint density at radius 2 is 1.95 bits per heavy atom. The van der Waals surface area contributed by atoms with Gasteiger partial charge in [-0.15, -0.1) is 0 Å². The molecule has 3 aromatic rings. The Kier molecular flexibility index (Phi) is 3.38. The van der Waals surface area contributed by atoms with Gasteiger partial charge in [0, 0.05) is 28.1 Å². The van der Waals surface area contributed by atoms with Crippen LogP contribution in [0.3, 0.4) is 0 Å². The largest absolute Gasteiger partial charge is 0.325 e. The Morgan fingerprint density at radius 3 is 2.84 bits per heavy atom. The molecule has 1 N–H and O–H groups in total. The van der Waals surface area contributed by atoms with Crippen molar-refractivity contribution in [2.24, 2.45) is 0 Å². The van der Waals surface area contributed by atoms with E-state index in [1.807, 2.05) is 24.5 Å². The molecule has 0 atom stereocenters. The lowest BCUT2D eigenvalue weighted by Gasteiger charge is -2.09. The molecule has 0 saturated carbocycles. The molecule has 0 aliphatic heterocycles. The Labute approximate surface area is 117 Å². The lowest BCUT2D eigenvalue weighted by molar-refractivity contribution is 1.36. The summed E-state index contributed by atoms with van der Waals surface area (Å²) in [7, 11) is 0. The first-order valence-corrected chi connectivity index (χ1v) is 6.97. The fourth-order valence-electron chi connectivity index (χ4n) is 2.00. The molecule has 3 heteroatoms. The van der Waals surface area contributed by atoms with Crippen LogP contribution >= 0.6 is 11.9 Å². The summed E-state index contributed by atoms with van der Waals surface area (Å²) in [5.41, 5.74) is 2.39. The fourth-order valence-corrected chi connectivity index (χ4v) is 2.80. The van der Waals surface area contributed by atoms with Crippen LogP contribution in [0.2, 0.25) is 0 Å². The molecule has 0 amide bonds. The number of hydrogen-bond acceptors (Lipinski definition) is 3. The molecular weight excluding hydrogens is 252 g/mol. The number of hydrogen-bond donors (Lipinski definition) is 1. The maximum Gasteiger partial charge on any atom is 0.0523 e. The molecule has 0 spiro atoms. The third-order valence-corrected chi connectivity index (χ3v) is 3.76. The van der Waals surface area contributed by atoms with Gasteiger partial charge in [0.15, 0.2) is 0 Å². The number of aryl methyl sites for hydroxylation is 1. The van der Waals surface area contributed by atoms with Gasteiger partial charge in [0.05, 0.1) is 5.69 Å². The summed E-state index contributed by atoms with van der Waals surface area (Å²) in [4.78, 5) is 5.36. The van der Waals surface area contributed by atoms with Crippen molar-refractivity contribution in [3.63, 3.8) is 0 Å². The highest BCUT2D eigenvalue weighted by Gasteiger charge is 2.01. The van der Waals surface area contributed by atoms with Crippen LogP contribution in [0.5, 0.6) is 0 Å². The Balaban J connectivity index is 1.86. The molecule has 0 aliphatic rings. The summed E-state index contributed by atoms with van der Waals surface area (Å²) in [6.07, 6.45) is 3.71. The number of pyridine rings is 1. The van der Waals surface area contributed by atoms with Gasteiger partial charge in [-0.05, 0) is 48.7 Å². The molecule has 2 nitrogen and oxygen atoms in total. The molecule has 0 radical (unpaired) electrons. The number of nitrogens with one attached hydrogen (secondary N) is 1. The lowest BCUT2D eigenvalue weighted by Crippen LogP contribution is -1.89. The summed E-state index contributed by atoms with van der Waals surface area (Å²) >= 11 is 1.63. The second kappa shape index (κ2) is 5.33. The van der Waals surface area contributed by atoms with Crippen LogP contribution in [0.1, 0.15) is 5.56 Å². The summed E-state index contributed by atoms with van der Waals surface area (Å²) in [5.74, 6) is 0. The summed E-state index contributed by atoms with van der Waals surface area (Å²) in [6.45, 7) is 2.10. The molecule has 0 saturated heterocycles. The van der Waals surface area contributed by atoms with Gasteiger partial charge in [-0.3, -0.25) is 4.98 Å². The fraction of sp³-hybridized carbons (Fsp3) is 0.0625. The van der Waals surface area contributed by atoms with Crippen LogP contribution in [0, 0.1) is 6.92 Å². The van der Waals surface area contributed by atoms with Gasteiger partial charge >= 0.3 is 0 Å². The van der Waals surface area contributed by atoms with Crippen molar-refractivity contribution in [3.05, 3.63) is 66.5 Å². The maximum atomic E-state index is 4.15. The monoisotopic (exact) mass is 266 g/mol. The van der Waals surface area contributed by atoms with E-state index in [2.05, 4.69) is 53.0 Å². The van der Waals surface area contributed by atoms with Gasteiger partial charge in [-0.1, -0.05) is 24.3 Å². The van der Waals surface area contributed by atoms with Crippen LogP contribution < -0.4 is 4.72 Å². The zero-order valence-corrected chi connectivity index (χ0v) is 11.4. The number of anilines is 1. The third-order valence-electron chi connectivity index (χ3n) is 2.95. The maximum absolute atomic E-state index is 4.15. The average molecular weight is 266 g/mol. The van der Waals surface area contributed by atoms with E-state index < -0.39 is 0 Å². The zero-order chi connectivity index (χ0) is 13.1. The van der Waals surface area contributed by atoms with Gasteiger partial charge < -0.3 is 4.72 Å². The SMILES string of the molecule is Cc1cccc(SNc2cccc3cnccc23)c1. The van der Waals surface area contributed by atoms with E-state index in [0.717, 1.165) is 11.1 Å². The predicted octanol–water partition coefficient (Wildman–Crippen LogP) is 4.66. The summed E-state index contributed by atoms with van der Waals surface area (Å²) in [6, 6.07) is 16.7. The lowest BCUT2D eigenvalue weighted by atomic mass is 10.1. The normalized spacial score (nSPS) is 10.6. The van der Waals surface area contributed by atoms with Crippen LogP contribution in [0.25, 0.3) is 10.8 Å². The highest BCUT2D eigenvalue weighted by atomic mass is 32.2. The number of fused-ring (bicyclic) bond motifs is 1. The van der Waals surface area contributed by atoms with Gasteiger partial charge in [-0.2, -0.15) is 0 Å². The van der Waals surface area contributed by atoms with Crippen molar-refractivity contribution >= 4 is 28.4 Å². The quantitative estimate of drug-likeness (QED) is 0.698. The van der Waals surface area contributed by atoms with E-state index >= 15 is 0 Å². The standard InChI is InChI=1S/C16H14N2S/c1-12-4-2-6-14(10-12)19-18-16-7-3-5-13-11-17-9-8-15(13)16/h2-11,18H,1H3. The third kappa shape index (κ3) is 2.71. The molecule has 3 rings (SSSR count). The van der Waals surface area contributed by atoms with Crippen LogP contribution in [-0.4, -0.2) is 4.98 Å². The summed E-state index contributed by atoms with van der Waals surface area (Å²) in [5, 5.41) is 2.34. The molecule has 94 valence electrons. The Hall–Kier alpha value is -2.00. The van der Waals surface area contributed by atoms with Crippen molar-refractivity contribution in [1.29, 1.82) is 0 Å². The number of aromatic nitrogens is 1. The molecule has 1 aromatic heterocycles. The van der Waals surface area contributed by atoms with Crippen molar-refractivity contribution in [1.82, 2.24) is 4.98 Å². The van der Waals surface area contributed by atoms with Gasteiger partial charge in [0.1, 0.15) is 0 Å². The summed E-state index contributed by atoms with van der Waals surface area (Å²) < 4.78 is 3.42. The minimum Gasteiger partial charge on any atom is -0.325 e. The van der Waals surface area contributed by atoms with Crippen molar-refractivity contribution in [2.45, 2.75) is 11.8 Å². The first kappa shape index (κ1) is 12.1. The highest BCUT2D eigenvalue weighted by Crippen LogP contribution is 2.27. The Bertz CT molecular complexity index is 704. The van der Waals surface area contributed by atoms with Crippen LogP contribution in [-0.2, 0) is 0 Å². The number of benzene rings is 2. The van der Waals surface area contributed by atoms with E-state index in [-0.39, 0.29) is 0 Å². The Morgan fingerprint density at radius 1 is 1.05 bits per heavy atom. The topological polar surface area (TPSA) is 24.9 Å². The minimum atomic E-state index is 1.12. The van der Waals surface area contributed by atoms with E-state index in [4.69, 9.17) is 0 Å². The highest BCUT2D eigenvalue weighted by molar-refractivity contribution is 8.00. The number of rotatable bonds is 3. The van der Waals surface area contributed by atoms with Crippen LogP contribution in [0.15, 0.2) is 65.8 Å². The van der Waals surface area contributed by atoms with Crippen LogP contribution in [0.4, 0.5) is 5.69 Å². The van der Waals surface area contributed by atoms with E-state index in [1.54, 1.807) is 11.9 Å². The second-order valence-corrected chi connectivity index (χ2v) is 5.30. The van der Waals surface area contributed by atoms with E-state index in [1.165, 1.54) is 15.8 Å². The molecular formula is C16H14N2S. The molecule has 1 heterocycles. The van der Waals surface area contributed by atoms with Crippen molar-refractivity contribution in [3.8, 4) is 0 Å². The molecule has 0 bridgehead atoms. The molecule has 0 unspecified atom stereocenters. The van der Waals surface area contributed by atoms with E-state index in [9.17, 15) is 0 Å². The average Bonchev–Trinajstić information content (AvgIpc) is 2.45. The predicted molar refractivity (Wildman–Crippen MR) is 82.4 cm³/mol. The minimum absolute atomic E-state index is 1.12.